The molecule has 0 saturated carbocycles. The molecule has 0 saturated heterocycles. The van der Waals surface area contributed by atoms with Crippen LogP contribution in [0.5, 0.6) is 0 Å². The fourth-order valence-electron chi connectivity index (χ4n) is 3.39. The molecule has 0 aliphatic heterocycles. The quantitative estimate of drug-likeness (QED) is 0.431. The highest BCUT2D eigenvalue weighted by Crippen LogP contribution is 2.34. The van der Waals surface area contributed by atoms with E-state index in [2.05, 4.69) is 25.4 Å². The molecule has 0 radical (unpaired) electrons. The van der Waals surface area contributed by atoms with Gasteiger partial charge in [0.1, 0.15) is 17.5 Å². The Morgan fingerprint density at radius 2 is 1.69 bits per heavy atom. The van der Waals surface area contributed by atoms with Crippen LogP contribution >= 0.6 is 0 Å². The molecular formula is C23H17F2N7. The fraction of sp³-hybridized carbons (Fsp3) is 0.0435. The largest absolute Gasteiger partial charge is 0.383 e. The van der Waals surface area contributed by atoms with Gasteiger partial charge in [-0.3, -0.25) is 4.98 Å². The average Bonchev–Trinajstić information content (AvgIpc) is 3.15. The molecule has 0 bridgehead atoms. The van der Waals surface area contributed by atoms with Gasteiger partial charge < -0.3 is 11.1 Å². The van der Waals surface area contributed by atoms with Gasteiger partial charge in [-0.05, 0) is 48.5 Å². The first-order valence-electron chi connectivity index (χ1n) is 9.81. The third-order valence-electron chi connectivity index (χ3n) is 4.92. The standard InChI is InChI=1S/C23H17F2N7/c24-14-8-10-16(11-9-14)32-21(26)19-20(17-6-1-2-7-18(17)25)29-23(30-22(19)31-32)28-13-15-5-3-4-12-27-15/h1-12H,13,26H2,(H,28,30,31). The van der Waals surface area contributed by atoms with E-state index in [-0.39, 0.29) is 28.8 Å². The van der Waals surface area contributed by atoms with Crippen LogP contribution < -0.4 is 11.1 Å². The van der Waals surface area contributed by atoms with E-state index in [4.69, 9.17) is 5.73 Å². The number of hydrogen-bond donors (Lipinski definition) is 2. The predicted molar refractivity (Wildman–Crippen MR) is 118 cm³/mol. The Kier molecular flexibility index (Phi) is 4.91. The second-order valence-corrected chi connectivity index (χ2v) is 7.02. The highest BCUT2D eigenvalue weighted by atomic mass is 19.1. The van der Waals surface area contributed by atoms with E-state index >= 15 is 0 Å². The average molecular weight is 429 g/mol. The van der Waals surface area contributed by atoms with Gasteiger partial charge in [-0.2, -0.15) is 4.98 Å². The van der Waals surface area contributed by atoms with Crippen molar-refractivity contribution in [2.75, 3.05) is 11.1 Å². The van der Waals surface area contributed by atoms with Gasteiger partial charge in [0, 0.05) is 11.8 Å². The lowest BCUT2D eigenvalue weighted by Crippen LogP contribution is -2.06. The Morgan fingerprint density at radius 3 is 2.44 bits per heavy atom. The Bertz CT molecular complexity index is 1400. The van der Waals surface area contributed by atoms with E-state index in [1.807, 2.05) is 18.2 Å². The summed E-state index contributed by atoms with van der Waals surface area (Å²) in [4.78, 5) is 13.3. The van der Waals surface area contributed by atoms with Crippen molar-refractivity contribution >= 4 is 22.8 Å². The second-order valence-electron chi connectivity index (χ2n) is 7.02. The number of fused-ring (bicyclic) bond motifs is 1. The summed E-state index contributed by atoms with van der Waals surface area (Å²) in [5.74, 6) is -0.347. The lowest BCUT2D eigenvalue weighted by molar-refractivity contribution is 0.627. The van der Waals surface area contributed by atoms with Gasteiger partial charge in [0.15, 0.2) is 5.65 Å². The number of halogens is 2. The van der Waals surface area contributed by atoms with Crippen molar-refractivity contribution < 1.29 is 8.78 Å². The van der Waals surface area contributed by atoms with Crippen LogP contribution in [-0.4, -0.2) is 24.7 Å². The maximum atomic E-state index is 14.7. The Morgan fingerprint density at radius 1 is 0.906 bits per heavy atom. The summed E-state index contributed by atoms with van der Waals surface area (Å²) < 4.78 is 29.5. The smallest absolute Gasteiger partial charge is 0.225 e. The summed E-state index contributed by atoms with van der Waals surface area (Å²) in [6.07, 6.45) is 1.69. The third-order valence-corrected chi connectivity index (χ3v) is 4.92. The Labute approximate surface area is 181 Å². The monoisotopic (exact) mass is 429 g/mol. The number of rotatable bonds is 5. The van der Waals surface area contributed by atoms with Gasteiger partial charge in [0.2, 0.25) is 5.95 Å². The molecule has 7 nitrogen and oxygen atoms in total. The van der Waals surface area contributed by atoms with Crippen molar-refractivity contribution in [2.45, 2.75) is 6.54 Å². The maximum absolute atomic E-state index is 14.7. The van der Waals surface area contributed by atoms with Crippen LogP contribution in [0.2, 0.25) is 0 Å². The van der Waals surface area contributed by atoms with E-state index < -0.39 is 5.82 Å². The molecule has 32 heavy (non-hydrogen) atoms. The highest BCUT2D eigenvalue weighted by Gasteiger charge is 2.21. The van der Waals surface area contributed by atoms with Crippen molar-refractivity contribution in [1.82, 2.24) is 24.7 Å². The molecule has 0 amide bonds. The minimum Gasteiger partial charge on any atom is -0.383 e. The van der Waals surface area contributed by atoms with Crippen molar-refractivity contribution in [3.05, 3.63) is 90.3 Å². The fourth-order valence-corrected chi connectivity index (χ4v) is 3.39. The number of nitrogens with zero attached hydrogens (tertiary/aromatic N) is 5. The van der Waals surface area contributed by atoms with Crippen LogP contribution in [0.25, 0.3) is 28.0 Å². The summed E-state index contributed by atoms with van der Waals surface area (Å²) in [6, 6.07) is 17.6. The first-order valence-corrected chi connectivity index (χ1v) is 9.81. The number of aromatic nitrogens is 5. The Hall–Kier alpha value is -4.40. The number of nitrogens with one attached hydrogen (secondary N) is 1. The lowest BCUT2D eigenvalue weighted by atomic mass is 10.1. The summed E-state index contributed by atoms with van der Waals surface area (Å²) in [5.41, 5.74) is 8.58. The first-order chi connectivity index (χ1) is 15.6. The van der Waals surface area contributed by atoms with Gasteiger partial charge in [0.25, 0.3) is 0 Å². The third kappa shape index (κ3) is 3.60. The van der Waals surface area contributed by atoms with Crippen LogP contribution in [0.15, 0.2) is 72.9 Å². The molecule has 0 atom stereocenters. The molecule has 0 aliphatic rings. The number of nitrogens with two attached hydrogens (primary N) is 1. The van der Waals surface area contributed by atoms with Gasteiger partial charge in [-0.25, -0.2) is 18.4 Å². The van der Waals surface area contributed by atoms with Gasteiger partial charge in [-0.1, -0.05) is 18.2 Å². The van der Waals surface area contributed by atoms with Crippen molar-refractivity contribution in [2.24, 2.45) is 0 Å². The molecule has 9 heteroatoms. The summed E-state index contributed by atoms with van der Waals surface area (Å²) in [6.45, 7) is 0.372. The first kappa shape index (κ1) is 19.6. The number of anilines is 2. The Balaban J connectivity index is 1.66. The molecule has 0 fully saturated rings. The molecule has 0 spiro atoms. The zero-order valence-corrected chi connectivity index (χ0v) is 16.7. The molecule has 158 valence electrons. The molecule has 0 aliphatic carbocycles. The highest BCUT2D eigenvalue weighted by molar-refractivity contribution is 5.99. The summed E-state index contributed by atoms with van der Waals surface area (Å²) in [7, 11) is 0. The summed E-state index contributed by atoms with van der Waals surface area (Å²) >= 11 is 0. The molecule has 3 aromatic heterocycles. The van der Waals surface area contributed by atoms with Crippen LogP contribution in [0.3, 0.4) is 0 Å². The zero-order valence-electron chi connectivity index (χ0n) is 16.7. The van der Waals surface area contributed by atoms with Crippen LogP contribution in [-0.2, 0) is 6.54 Å². The van der Waals surface area contributed by atoms with Crippen molar-refractivity contribution in [1.29, 1.82) is 0 Å². The SMILES string of the molecule is Nc1c2c(-c3ccccc3F)nc(NCc3ccccn3)nc2nn1-c1ccc(F)cc1. The van der Waals surface area contributed by atoms with Gasteiger partial charge >= 0.3 is 0 Å². The van der Waals surface area contributed by atoms with Crippen molar-refractivity contribution in [3.63, 3.8) is 0 Å². The predicted octanol–water partition coefficient (Wildman–Crippen LogP) is 4.35. The molecule has 2 aromatic carbocycles. The lowest BCUT2D eigenvalue weighted by Gasteiger charge is -2.09. The van der Waals surface area contributed by atoms with Crippen molar-refractivity contribution in [3.8, 4) is 16.9 Å². The molecule has 3 heterocycles. The van der Waals surface area contributed by atoms with Gasteiger partial charge in [-0.15, -0.1) is 5.10 Å². The molecule has 5 aromatic rings. The number of hydrogen-bond acceptors (Lipinski definition) is 6. The topological polar surface area (TPSA) is 94.5 Å². The van der Waals surface area contributed by atoms with E-state index in [1.165, 1.54) is 22.9 Å². The normalized spacial score (nSPS) is 11.1. The van der Waals surface area contributed by atoms with E-state index in [1.54, 1.807) is 36.5 Å². The number of pyridine rings is 1. The number of benzene rings is 2. The van der Waals surface area contributed by atoms with E-state index in [0.717, 1.165) is 5.69 Å². The minimum atomic E-state index is -0.447. The zero-order chi connectivity index (χ0) is 22.1. The maximum Gasteiger partial charge on any atom is 0.225 e. The minimum absolute atomic E-state index is 0.223. The van der Waals surface area contributed by atoms with Crippen LogP contribution in [0, 0.1) is 11.6 Å². The van der Waals surface area contributed by atoms with Crippen LogP contribution in [0.4, 0.5) is 20.5 Å². The van der Waals surface area contributed by atoms with Crippen LogP contribution in [0.1, 0.15) is 5.69 Å². The molecule has 0 unspecified atom stereocenters. The van der Waals surface area contributed by atoms with E-state index in [9.17, 15) is 8.78 Å². The number of nitrogen functional groups attached to an aromatic ring is 1. The van der Waals surface area contributed by atoms with Gasteiger partial charge in [0.05, 0.1) is 29.0 Å². The molecular weight excluding hydrogens is 412 g/mol. The summed E-state index contributed by atoms with van der Waals surface area (Å²) in [5, 5.41) is 8.00. The van der Waals surface area contributed by atoms with E-state index in [0.29, 0.717) is 23.3 Å². The molecule has 3 N–H and O–H groups in total. The molecule has 5 rings (SSSR count). The second kappa shape index (κ2) is 8.03.